The molecule has 1 nitrogen and oxygen atoms in total. The van der Waals surface area contributed by atoms with E-state index in [9.17, 15) is 0 Å². The maximum absolute atomic E-state index is 3.58. The van der Waals surface area contributed by atoms with Crippen LogP contribution in [0.2, 0.25) is 0 Å². The minimum Gasteiger partial charge on any atom is -0.316 e. The van der Waals surface area contributed by atoms with Crippen LogP contribution < -0.4 is 5.32 Å². The molecule has 0 saturated carbocycles. The highest BCUT2D eigenvalue weighted by atomic mass is 79.9. The van der Waals surface area contributed by atoms with E-state index < -0.39 is 0 Å². The topological polar surface area (TPSA) is 12.0 Å². The van der Waals surface area contributed by atoms with Gasteiger partial charge in [-0.1, -0.05) is 29.8 Å². The van der Waals surface area contributed by atoms with Gasteiger partial charge in [-0.25, -0.2) is 0 Å². The van der Waals surface area contributed by atoms with E-state index in [1.165, 1.54) is 26.9 Å². The monoisotopic (exact) mass is 335 g/mol. The van der Waals surface area contributed by atoms with Crippen LogP contribution in [0.5, 0.6) is 0 Å². The Morgan fingerprint density at radius 1 is 1.26 bits per heavy atom. The Hall–Kier alpha value is -0.640. The lowest BCUT2D eigenvalue weighted by Crippen LogP contribution is -2.33. The maximum atomic E-state index is 3.58. The van der Waals surface area contributed by atoms with Gasteiger partial charge in [0.05, 0.1) is 0 Å². The number of thiophene rings is 1. The summed E-state index contributed by atoms with van der Waals surface area (Å²) in [5.41, 5.74) is 2.83. The van der Waals surface area contributed by atoms with Gasteiger partial charge in [0.25, 0.3) is 0 Å². The predicted octanol–water partition coefficient (Wildman–Crippen LogP) is 4.68. The average Bonchev–Trinajstić information content (AvgIpc) is 2.85. The van der Waals surface area contributed by atoms with Gasteiger partial charge < -0.3 is 5.32 Å². The van der Waals surface area contributed by atoms with Crippen LogP contribution in [0.4, 0.5) is 0 Å². The van der Waals surface area contributed by atoms with Crippen LogP contribution in [0.25, 0.3) is 0 Å². The molecule has 0 bridgehead atoms. The molecule has 3 heteroatoms. The van der Waals surface area contributed by atoms with Gasteiger partial charge in [-0.3, -0.25) is 0 Å². The maximum Gasteiger partial charge on any atom is 0.0285 e. The van der Waals surface area contributed by atoms with E-state index in [2.05, 4.69) is 63.9 Å². The van der Waals surface area contributed by atoms with E-state index in [0.29, 0.717) is 11.8 Å². The third-order valence-corrected chi connectivity index (χ3v) is 5.73. The van der Waals surface area contributed by atoms with E-state index in [0.717, 1.165) is 13.1 Å². The minimum atomic E-state index is 0.596. The molecular formula is C16H18BrNS. The van der Waals surface area contributed by atoms with Crippen LogP contribution in [0, 0.1) is 6.92 Å². The van der Waals surface area contributed by atoms with Crippen molar-refractivity contribution in [1.29, 1.82) is 0 Å². The molecule has 2 heterocycles. The highest BCUT2D eigenvalue weighted by molar-refractivity contribution is 9.10. The Balaban J connectivity index is 1.93. The Labute approximate surface area is 127 Å². The number of aryl methyl sites for hydroxylation is 1. The summed E-state index contributed by atoms with van der Waals surface area (Å²) in [6.07, 6.45) is 1.23. The fourth-order valence-electron chi connectivity index (χ4n) is 2.97. The number of piperidine rings is 1. The summed E-state index contributed by atoms with van der Waals surface area (Å²) >= 11 is 5.47. The summed E-state index contributed by atoms with van der Waals surface area (Å²) in [5, 5.41) is 5.75. The standard InChI is InChI=1S/C16H18BrNS/c1-11-3-2-4-12(7-11)15-9-18-6-5-14(15)16-8-13(17)10-19-16/h2-4,7-8,10,14-15,18H,5-6,9H2,1H3. The second-order valence-corrected chi connectivity index (χ2v) is 7.15. The van der Waals surface area contributed by atoms with Gasteiger partial charge in [-0.2, -0.15) is 0 Å². The molecule has 1 aromatic carbocycles. The number of hydrogen-bond donors (Lipinski definition) is 1. The quantitative estimate of drug-likeness (QED) is 0.840. The van der Waals surface area contributed by atoms with Gasteiger partial charge in [0.1, 0.15) is 0 Å². The molecule has 1 N–H and O–H groups in total. The van der Waals surface area contributed by atoms with Crippen molar-refractivity contribution in [3.05, 3.63) is 56.2 Å². The molecule has 1 saturated heterocycles. The molecule has 0 spiro atoms. The number of nitrogens with one attached hydrogen (secondary N) is 1. The second kappa shape index (κ2) is 5.78. The van der Waals surface area contributed by atoms with Crippen LogP contribution in [-0.2, 0) is 0 Å². The van der Waals surface area contributed by atoms with Crippen molar-refractivity contribution in [2.75, 3.05) is 13.1 Å². The summed E-state index contributed by atoms with van der Waals surface area (Å²) in [4.78, 5) is 1.51. The molecule has 2 unspecified atom stereocenters. The molecule has 2 atom stereocenters. The molecule has 0 radical (unpaired) electrons. The molecule has 1 aliphatic rings. The van der Waals surface area contributed by atoms with E-state index in [1.807, 2.05) is 11.3 Å². The summed E-state index contributed by atoms with van der Waals surface area (Å²) in [5.74, 6) is 1.25. The summed E-state index contributed by atoms with van der Waals surface area (Å²) in [7, 11) is 0. The van der Waals surface area contributed by atoms with Gasteiger partial charge in [0.15, 0.2) is 0 Å². The number of hydrogen-bond acceptors (Lipinski definition) is 2. The van der Waals surface area contributed by atoms with Crippen molar-refractivity contribution in [3.8, 4) is 0 Å². The lowest BCUT2D eigenvalue weighted by molar-refractivity contribution is 0.408. The van der Waals surface area contributed by atoms with E-state index in [4.69, 9.17) is 0 Å². The second-order valence-electron chi connectivity index (χ2n) is 5.29. The van der Waals surface area contributed by atoms with Gasteiger partial charge in [0, 0.05) is 33.1 Å². The molecule has 1 fully saturated rings. The van der Waals surface area contributed by atoms with Crippen LogP contribution in [0.15, 0.2) is 40.2 Å². The number of halogens is 1. The van der Waals surface area contributed by atoms with E-state index in [-0.39, 0.29) is 0 Å². The first-order chi connectivity index (χ1) is 9.24. The van der Waals surface area contributed by atoms with Crippen molar-refractivity contribution in [3.63, 3.8) is 0 Å². The molecule has 2 aromatic rings. The van der Waals surface area contributed by atoms with Crippen LogP contribution in [0.1, 0.15) is 34.3 Å². The van der Waals surface area contributed by atoms with Crippen LogP contribution >= 0.6 is 27.3 Å². The molecule has 19 heavy (non-hydrogen) atoms. The highest BCUT2D eigenvalue weighted by Gasteiger charge is 2.28. The molecule has 3 rings (SSSR count). The van der Waals surface area contributed by atoms with E-state index in [1.54, 1.807) is 0 Å². The number of benzene rings is 1. The fourth-order valence-corrected chi connectivity index (χ4v) is 4.62. The lowest BCUT2D eigenvalue weighted by atomic mass is 9.80. The molecule has 1 aliphatic heterocycles. The SMILES string of the molecule is Cc1cccc(C2CNCCC2c2cc(Br)cs2)c1. The number of rotatable bonds is 2. The van der Waals surface area contributed by atoms with Gasteiger partial charge in [-0.15, -0.1) is 11.3 Å². The first kappa shape index (κ1) is 13.3. The van der Waals surface area contributed by atoms with Crippen molar-refractivity contribution in [2.45, 2.75) is 25.2 Å². The molecule has 0 aliphatic carbocycles. The largest absolute Gasteiger partial charge is 0.316 e. The van der Waals surface area contributed by atoms with Crippen molar-refractivity contribution < 1.29 is 0 Å². The highest BCUT2D eigenvalue weighted by Crippen LogP contribution is 2.40. The van der Waals surface area contributed by atoms with Gasteiger partial charge >= 0.3 is 0 Å². The Morgan fingerprint density at radius 3 is 2.89 bits per heavy atom. The fraction of sp³-hybridized carbons (Fsp3) is 0.375. The third-order valence-electron chi connectivity index (χ3n) is 3.91. The zero-order chi connectivity index (χ0) is 13.2. The summed E-state index contributed by atoms with van der Waals surface area (Å²) < 4.78 is 1.22. The zero-order valence-electron chi connectivity index (χ0n) is 11.0. The van der Waals surface area contributed by atoms with Crippen LogP contribution in [0.3, 0.4) is 0 Å². The Bertz CT molecular complexity index is 563. The first-order valence-electron chi connectivity index (χ1n) is 6.75. The third kappa shape index (κ3) is 2.93. The molecule has 1 aromatic heterocycles. The molecular weight excluding hydrogens is 318 g/mol. The predicted molar refractivity (Wildman–Crippen MR) is 86.2 cm³/mol. The minimum absolute atomic E-state index is 0.596. The van der Waals surface area contributed by atoms with Crippen molar-refractivity contribution >= 4 is 27.3 Å². The van der Waals surface area contributed by atoms with E-state index >= 15 is 0 Å². The summed E-state index contributed by atoms with van der Waals surface area (Å²) in [6.45, 7) is 4.39. The lowest BCUT2D eigenvalue weighted by Gasteiger charge is -2.32. The molecule has 0 amide bonds. The zero-order valence-corrected chi connectivity index (χ0v) is 13.4. The average molecular weight is 336 g/mol. The van der Waals surface area contributed by atoms with Gasteiger partial charge in [0.2, 0.25) is 0 Å². The van der Waals surface area contributed by atoms with Crippen molar-refractivity contribution in [2.24, 2.45) is 0 Å². The normalized spacial score (nSPS) is 23.5. The smallest absolute Gasteiger partial charge is 0.0285 e. The molecule has 100 valence electrons. The Morgan fingerprint density at radius 2 is 2.16 bits per heavy atom. The van der Waals surface area contributed by atoms with Crippen molar-refractivity contribution in [1.82, 2.24) is 5.32 Å². The van der Waals surface area contributed by atoms with Crippen LogP contribution in [-0.4, -0.2) is 13.1 Å². The summed E-state index contributed by atoms with van der Waals surface area (Å²) in [6, 6.07) is 11.3. The Kier molecular flexibility index (Phi) is 4.06. The van der Waals surface area contributed by atoms with Gasteiger partial charge in [-0.05, 0) is 47.4 Å². The first-order valence-corrected chi connectivity index (χ1v) is 8.42.